The third kappa shape index (κ3) is 4.22. The number of nitrogens with zero attached hydrogens (tertiary/aromatic N) is 1. The normalized spacial score (nSPS) is 11.5. The summed E-state index contributed by atoms with van der Waals surface area (Å²) in [6.45, 7) is 2.21. The lowest BCUT2D eigenvalue weighted by atomic mass is 10.1. The van der Waals surface area contributed by atoms with E-state index in [1.165, 1.54) is 5.56 Å². The van der Waals surface area contributed by atoms with Crippen molar-refractivity contribution in [1.29, 1.82) is 0 Å². The Hall–Kier alpha value is -2.83. The number of para-hydroxylation sites is 1. The molecule has 0 aliphatic heterocycles. The molecule has 0 spiro atoms. The lowest BCUT2D eigenvalue weighted by Gasteiger charge is -2.29. The highest BCUT2D eigenvalue weighted by Crippen LogP contribution is 2.23. The molecular formula is C20H23N2O4+. The van der Waals surface area contributed by atoms with Crippen molar-refractivity contribution in [3.63, 3.8) is 0 Å². The number of hydroxylamine groups is 1. The van der Waals surface area contributed by atoms with E-state index >= 15 is 0 Å². The van der Waals surface area contributed by atoms with Gasteiger partial charge < -0.3 is 13.6 Å². The SMILES string of the molecule is C[N+](C)(CCOc1ccc(C(=O)NO)cc1)Cc1coc2ccccc12. The van der Waals surface area contributed by atoms with Crippen molar-refractivity contribution in [3.8, 4) is 5.75 Å². The van der Waals surface area contributed by atoms with Gasteiger partial charge in [-0.3, -0.25) is 10.0 Å². The molecule has 2 aromatic carbocycles. The first-order chi connectivity index (χ1) is 12.5. The van der Waals surface area contributed by atoms with Gasteiger partial charge in [0, 0.05) is 10.9 Å². The van der Waals surface area contributed by atoms with Crippen LogP contribution in [-0.2, 0) is 6.54 Å². The van der Waals surface area contributed by atoms with Crippen LogP contribution in [0.5, 0.6) is 5.75 Å². The van der Waals surface area contributed by atoms with E-state index in [1.54, 1.807) is 29.7 Å². The molecule has 0 atom stereocenters. The van der Waals surface area contributed by atoms with Crippen molar-refractivity contribution in [1.82, 2.24) is 5.48 Å². The number of carbonyl (C=O) groups is 1. The number of ether oxygens (including phenoxy) is 1. The summed E-state index contributed by atoms with van der Waals surface area (Å²) in [6.07, 6.45) is 1.83. The van der Waals surface area contributed by atoms with Crippen molar-refractivity contribution >= 4 is 16.9 Å². The fourth-order valence-electron chi connectivity index (χ4n) is 2.87. The Kier molecular flexibility index (Phi) is 5.25. The van der Waals surface area contributed by atoms with Gasteiger partial charge in [-0.1, -0.05) is 18.2 Å². The molecule has 1 aromatic heterocycles. The van der Waals surface area contributed by atoms with E-state index in [4.69, 9.17) is 14.4 Å². The highest BCUT2D eigenvalue weighted by molar-refractivity contribution is 5.93. The third-order valence-electron chi connectivity index (χ3n) is 4.34. The van der Waals surface area contributed by atoms with Crippen molar-refractivity contribution < 1.29 is 23.6 Å². The number of rotatable bonds is 7. The largest absolute Gasteiger partial charge is 0.488 e. The molecule has 0 aliphatic carbocycles. The zero-order chi connectivity index (χ0) is 18.6. The van der Waals surface area contributed by atoms with Crippen LogP contribution in [0.4, 0.5) is 0 Å². The highest BCUT2D eigenvalue weighted by Gasteiger charge is 2.19. The average molecular weight is 355 g/mol. The Labute approximate surface area is 152 Å². The number of carbonyl (C=O) groups excluding carboxylic acids is 1. The number of likely N-dealkylation sites (N-methyl/N-ethyl adjacent to an activating group) is 1. The number of fused-ring (bicyclic) bond motifs is 1. The zero-order valence-electron chi connectivity index (χ0n) is 14.9. The molecule has 0 saturated carbocycles. The molecule has 1 amide bonds. The molecule has 0 saturated heterocycles. The maximum Gasteiger partial charge on any atom is 0.274 e. The predicted octanol–water partition coefficient (Wildman–Crippen LogP) is 3.21. The fraction of sp³-hybridized carbons (Fsp3) is 0.250. The Bertz CT molecular complexity index is 884. The molecule has 6 nitrogen and oxygen atoms in total. The molecule has 6 heteroatoms. The van der Waals surface area contributed by atoms with Crippen molar-refractivity contribution in [2.75, 3.05) is 27.2 Å². The summed E-state index contributed by atoms with van der Waals surface area (Å²) < 4.78 is 12.2. The number of amides is 1. The van der Waals surface area contributed by atoms with Crippen LogP contribution in [-0.4, -0.2) is 42.8 Å². The molecule has 1 heterocycles. The summed E-state index contributed by atoms with van der Waals surface area (Å²) in [5, 5.41) is 9.77. The van der Waals surface area contributed by atoms with E-state index in [-0.39, 0.29) is 0 Å². The zero-order valence-corrected chi connectivity index (χ0v) is 14.9. The Balaban J connectivity index is 1.55. The molecule has 3 rings (SSSR count). The number of quaternary nitrogens is 1. The number of benzene rings is 2. The lowest BCUT2D eigenvalue weighted by molar-refractivity contribution is -0.903. The fourth-order valence-corrected chi connectivity index (χ4v) is 2.87. The topological polar surface area (TPSA) is 71.7 Å². The summed E-state index contributed by atoms with van der Waals surface area (Å²) in [5.74, 6) is 0.148. The predicted molar refractivity (Wildman–Crippen MR) is 98.1 cm³/mol. The van der Waals surface area contributed by atoms with Crippen LogP contribution in [0.2, 0.25) is 0 Å². The number of furan rings is 1. The van der Waals surface area contributed by atoms with Crippen LogP contribution in [0, 0.1) is 0 Å². The van der Waals surface area contributed by atoms with Gasteiger partial charge >= 0.3 is 0 Å². The van der Waals surface area contributed by atoms with Crippen LogP contribution >= 0.6 is 0 Å². The van der Waals surface area contributed by atoms with Crippen LogP contribution in [0.3, 0.4) is 0 Å². The minimum absolute atomic E-state index is 0.378. The van der Waals surface area contributed by atoms with Crippen LogP contribution in [0.15, 0.2) is 59.2 Å². The van der Waals surface area contributed by atoms with Crippen molar-refractivity contribution in [3.05, 3.63) is 65.9 Å². The second-order valence-electron chi connectivity index (χ2n) is 6.89. The molecule has 3 aromatic rings. The van der Waals surface area contributed by atoms with E-state index < -0.39 is 5.91 Å². The highest BCUT2D eigenvalue weighted by atomic mass is 16.5. The molecule has 0 aliphatic rings. The van der Waals surface area contributed by atoms with Gasteiger partial charge in [-0.15, -0.1) is 0 Å². The smallest absolute Gasteiger partial charge is 0.274 e. The van der Waals surface area contributed by atoms with Crippen molar-refractivity contribution in [2.24, 2.45) is 0 Å². The minimum Gasteiger partial charge on any atom is -0.488 e. The Morgan fingerprint density at radius 1 is 1.15 bits per heavy atom. The Morgan fingerprint density at radius 3 is 2.62 bits per heavy atom. The van der Waals surface area contributed by atoms with Crippen molar-refractivity contribution in [2.45, 2.75) is 6.54 Å². The summed E-state index contributed by atoms with van der Waals surface area (Å²) in [4.78, 5) is 11.3. The monoisotopic (exact) mass is 355 g/mol. The van der Waals surface area contributed by atoms with E-state index in [0.717, 1.165) is 28.5 Å². The summed E-state index contributed by atoms with van der Waals surface area (Å²) in [6, 6.07) is 14.7. The van der Waals surface area contributed by atoms with Crippen LogP contribution in [0.1, 0.15) is 15.9 Å². The van der Waals surface area contributed by atoms with Crippen LogP contribution < -0.4 is 10.2 Å². The molecule has 136 valence electrons. The number of hydrogen-bond acceptors (Lipinski definition) is 4. The molecule has 26 heavy (non-hydrogen) atoms. The number of nitrogens with one attached hydrogen (secondary N) is 1. The first kappa shape index (κ1) is 18.0. The maximum atomic E-state index is 11.3. The molecule has 2 N–H and O–H groups in total. The second kappa shape index (κ2) is 7.59. The first-order valence-corrected chi connectivity index (χ1v) is 8.43. The van der Waals surface area contributed by atoms with Gasteiger partial charge in [0.2, 0.25) is 0 Å². The van der Waals surface area contributed by atoms with Gasteiger partial charge in [0.1, 0.15) is 37.3 Å². The van der Waals surface area contributed by atoms with E-state index in [2.05, 4.69) is 20.2 Å². The average Bonchev–Trinajstić information content (AvgIpc) is 3.04. The van der Waals surface area contributed by atoms with E-state index in [1.807, 2.05) is 24.5 Å². The van der Waals surface area contributed by atoms with Gasteiger partial charge in [0.05, 0.1) is 19.7 Å². The molecule has 0 fully saturated rings. The molecule has 0 unspecified atom stereocenters. The molecule has 0 bridgehead atoms. The quantitative estimate of drug-likeness (QED) is 0.388. The summed E-state index contributed by atoms with van der Waals surface area (Å²) in [5.41, 5.74) is 4.08. The second-order valence-corrected chi connectivity index (χ2v) is 6.89. The van der Waals surface area contributed by atoms with E-state index in [9.17, 15) is 4.79 Å². The summed E-state index contributed by atoms with van der Waals surface area (Å²) in [7, 11) is 4.31. The lowest BCUT2D eigenvalue weighted by Crippen LogP contribution is -2.41. The molecular weight excluding hydrogens is 332 g/mol. The van der Waals surface area contributed by atoms with Gasteiger partial charge in [0.15, 0.2) is 0 Å². The molecule has 0 radical (unpaired) electrons. The minimum atomic E-state index is -0.540. The number of hydrogen-bond donors (Lipinski definition) is 2. The first-order valence-electron chi connectivity index (χ1n) is 8.43. The Morgan fingerprint density at radius 2 is 1.88 bits per heavy atom. The van der Waals surface area contributed by atoms with Gasteiger partial charge in [-0.2, -0.15) is 0 Å². The van der Waals surface area contributed by atoms with Gasteiger partial charge in [0.25, 0.3) is 5.91 Å². The third-order valence-corrected chi connectivity index (χ3v) is 4.34. The van der Waals surface area contributed by atoms with E-state index in [0.29, 0.717) is 17.9 Å². The van der Waals surface area contributed by atoms with Gasteiger partial charge in [-0.05, 0) is 30.3 Å². The van der Waals surface area contributed by atoms with Gasteiger partial charge in [-0.25, -0.2) is 5.48 Å². The summed E-state index contributed by atoms with van der Waals surface area (Å²) >= 11 is 0. The van der Waals surface area contributed by atoms with Crippen LogP contribution in [0.25, 0.3) is 11.0 Å². The maximum absolute atomic E-state index is 11.3. The standard InChI is InChI=1S/C20H22N2O4/c1-22(2,13-16-14-26-19-6-4-3-5-18(16)19)11-12-25-17-9-7-15(8-10-17)20(23)21-24/h3-10,14H,11-13H2,1-2H3,(H-,21,23,24)/p+1.